The lowest BCUT2D eigenvalue weighted by atomic mass is 10.1. The third-order valence-electron chi connectivity index (χ3n) is 5.36. The molecule has 0 fully saturated rings. The number of benzene rings is 2. The van der Waals surface area contributed by atoms with Crippen molar-refractivity contribution in [3.8, 4) is 11.5 Å². The number of unbranched alkanes of at least 4 members (excludes halogenated alkanes) is 9. The summed E-state index contributed by atoms with van der Waals surface area (Å²) in [5, 5.41) is 0. The molecule has 0 unspecified atom stereocenters. The van der Waals surface area contributed by atoms with Crippen molar-refractivity contribution in [2.75, 3.05) is 13.7 Å². The fourth-order valence-corrected chi connectivity index (χ4v) is 3.50. The molecular formula is C27H38O4. The third kappa shape index (κ3) is 9.91. The molecular weight excluding hydrogens is 388 g/mol. The van der Waals surface area contributed by atoms with Gasteiger partial charge in [-0.2, -0.15) is 0 Å². The largest absolute Gasteiger partial charge is 0.493 e. The van der Waals surface area contributed by atoms with E-state index in [-0.39, 0.29) is 12.6 Å². The Hall–Kier alpha value is -2.49. The van der Waals surface area contributed by atoms with Crippen LogP contribution in [0.4, 0.5) is 0 Å². The van der Waals surface area contributed by atoms with E-state index in [9.17, 15) is 4.79 Å². The monoisotopic (exact) mass is 426 g/mol. The van der Waals surface area contributed by atoms with Gasteiger partial charge in [-0.05, 0) is 36.2 Å². The SMILES string of the molecule is CCCCCCCCCCCCOc1ccc(COC(=O)c2ccccc2)cc1OC. The summed E-state index contributed by atoms with van der Waals surface area (Å²) in [5.41, 5.74) is 1.42. The molecule has 0 aliphatic carbocycles. The molecule has 0 saturated heterocycles. The normalized spacial score (nSPS) is 10.6. The number of ether oxygens (including phenoxy) is 3. The van der Waals surface area contributed by atoms with Crippen LogP contribution in [0.3, 0.4) is 0 Å². The Kier molecular flexibility index (Phi) is 12.3. The molecule has 0 bridgehead atoms. The number of carbonyl (C=O) groups is 1. The summed E-state index contributed by atoms with van der Waals surface area (Å²) >= 11 is 0. The van der Waals surface area contributed by atoms with Crippen LogP contribution in [-0.2, 0) is 11.3 Å². The van der Waals surface area contributed by atoms with E-state index in [4.69, 9.17) is 14.2 Å². The summed E-state index contributed by atoms with van der Waals surface area (Å²) in [6.45, 7) is 3.15. The minimum Gasteiger partial charge on any atom is -0.493 e. The van der Waals surface area contributed by atoms with Gasteiger partial charge < -0.3 is 14.2 Å². The number of hydrogen-bond acceptors (Lipinski definition) is 4. The molecule has 0 aromatic heterocycles. The highest BCUT2D eigenvalue weighted by molar-refractivity contribution is 5.89. The second-order valence-electron chi connectivity index (χ2n) is 7.96. The summed E-state index contributed by atoms with van der Waals surface area (Å²) in [5.74, 6) is 1.07. The molecule has 2 aromatic rings. The molecule has 0 heterocycles. The molecule has 0 amide bonds. The van der Waals surface area contributed by atoms with Crippen LogP contribution >= 0.6 is 0 Å². The predicted molar refractivity (Wildman–Crippen MR) is 126 cm³/mol. The molecule has 170 valence electrons. The first kappa shape index (κ1) is 24.8. The maximum Gasteiger partial charge on any atom is 0.338 e. The second kappa shape index (κ2) is 15.3. The lowest BCUT2D eigenvalue weighted by molar-refractivity contribution is 0.0472. The molecule has 4 heteroatoms. The van der Waals surface area contributed by atoms with E-state index in [0.29, 0.717) is 17.9 Å². The topological polar surface area (TPSA) is 44.8 Å². The summed E-state index contributed by atoms with van der Waals surface area (Å²) in [6, 6.07) is 14.7. The maximum absolute atomic E-state index is 12.1. The first-order chi connectivity index (χ1) is 15.2. The van der Waals surface area contributed by atoms with Crippen molar-refractivity contribution in [2.24, 2.45) is 0 Å². The van der Waals surface area contributed by atoms with Crippen molar-refractivity contribution in [1.82, 2.24) is 0 Å². The Labute approximate surface area is 187 Å². The number of esters is 1. The van der Waals surface area contributed by atoms with Gasteiger partial charge in [0.05, 0.1) is 19.3 Å². The molecule has 0 spiro atoms. The second-order valence-corrected chi connectivity index (χ2v) is 7.96. The van der Waals surface area contributed by atoms with Gasteiger partial charge in [-0.1, -0.05) is 89.0 Å². The maximum atomic E-state index is 12.1. The van der Waals surface area contributed by atoms with E-state index in [0.717, 1.165) is 17.7 Å². The average Bonchev–Trinajstić information content (AvgIpc) is 2.82. The van der Waals surface area contributed by atoms with E-state index >= 15 is 0 Å². The molecule has 0 N–H and O–H groups in total. The van der Waals surface area contributed by atoms with Gasteiger partial charge in [0.1, 0.15) is 6.61 Å². The smallest absolute Gasteiger partial charge is 0.338 e. The molecule has 0 saturated carbocycles. The van der Waals surface area contributed by atoms with E-state index < -0.39 is 0 Å². The first-order valence-corrected chi connectivity index (χ1v) is 11.8. The Morgan fingerprint density at radius 1 is 0.774 bits per heavy atom. The van der Waals surface area contributed by atoms with Crippen LogP contribution in [0.2, 0.25) is 0 Å². The Morgan fingerprint density at radius 3 is 2.06 bits per heavy atom. The third-order valence-corrected chi connectivity index (χ3v) is 5.36. The standard InChI is InChI=1S/C27H38O4/c1-3-4-5-6-7-8-9-10-11-15-20-30-25-19-18-23(21-26(25)29-2)22-31-27(28)24-16-13-12-14-17-24/h12-14,16-19,21H,3-11,15,20,22H2,1-2H3. The van der Waals surface area contributed by atoms with Crippen molar-refractivity contribution in [3.63, 3.8) is 0 Å². The highest BCUT2D eigenvalue weighted by Crippen LogP contribution is 2.28. The minimum absolute atomic E-state index is 0.197. The van der Waals surface area contributed by atoms with Crippen molar-refractivity contribution in [3.05, 3.63) is 59.7 Å². The van der Waals surface area contributed by atoms with Crippen LogP contribution in [0.25, 0.3) is 0 Å². The number of methoxy groups -OCH3 is 1. The molecule has 2 rings (SSSR count). The predicted octanol–water partition coefficient (Wildman–Crippen LogP) is 7.35. The fourth-order valence-electron chi connectivity index (χ4n) is 3.50. The average molecular weight is 427 g/mol. The van der Waals surface area contributed by atoms with Crippen LogP contribution in [0.1, 0.15) is 87.1 Å². The number of hydrogen-bond donors (Lipinski definition) is 0. The van der Waals surface area contributed by atoms with E-state index in [1.807, 2.05) is 36.4 Å². The molecule has 31 heavy (non-hydrogen) atoms. The highest BCUT2D eigenvalue weighted by atomic mass is 16.5. The van der Waals surface area contributed by atoms with E-state index in [2.05, 4.69) is 6.92 Å². The van der Waals surface area contributed by atoms with Crippen LogP contribution in [0.15, 0.2) is 48.5 Å². The molecule has 0 atom stereocenters. The lowest BCUT2D eigenvalue weighted by Crippen LogP contribution is -2.05. The zero-order chi connectivity index (χ0) is 22.2. The van der Waals surface area contributed by atoms with Gasteiger partial charge in [0.2, 0.25) is 0 Å². The molecule has 2 aromatic carbocycles. The van der Waals surface area contributed by atoms with Gasteiger partial charge in [0.15, 0.2) is 11.5 Å². The Morgan fingerprint density at radius 2 is 1.42 bits per heavy atom. The molecule has 4 nitrogen and oxygen atoms in total. The van der Waals surface area contributed by atoms with Gasteiger partial charge in [-0.25, -0.2) is 4.79 Å². The van der Waals surface area contributed by atoms with Crippen LogP contribution in [0, 0.1) is 0 Å². The summed E-state index contributed by atoms with van der Waals surface area (Å²) < 4.78 is 16.8. The highest BCUT2D eigenvalue weighted by Gasteiger charge is 2.09. The Balaban J connectivity index is 1.64. The van der Waals surface area contributed by atoms with Gasteiger partial charge >= 0.3 is 5.97 Å². The van der Waals surface area contributed by atoms with Crippen LogP contribution < -0.4 is 9.47 Å². The Bertz CT molecular complexity index is 742. The van der Waals surface area contributed by atoms with Crippen molar-refractivity contribution >= 4 is 5.97 Å². The van der Waals surface area contributed by atoms with Gasteiger partial charge in [-0.3, -0.25) is 0 Å². The van der Waals surface area contributed by atoms with Crippen LogP contribution in [0.5, 0.6) is 11.5 Å². The van der Waals surface area contributed by atoms with Gasteiger partial charge in [0.25, 0.3) is 0 Å². The summed E-state index contributed by atoms with van der Waals surface area (Å²) in [4.78, 5) is 12.1. The zero-order valence-electron chi connectivity index (χ0n) is 19.2. The van der Waals surface area contributed by atoms with E-state index in [1.54, 1.807) is 19.2 Å². The zero-order valence-corrected chi connectivity index (χ0v) is 19.2. The van der Waals surface area contributed by atoms with Crippen molar-refractivity contribution < 1.29 is 19.0 Å². The lowest BCUT2D eigenvalue weighted by Gasteiger charge is -2.12. The van der Waals surface area contributed by atoms with E-state index in [1.165, 1.54) is 57.8 Å². The van der Waals surface area contributed by atoms with Crippen molar-refractivity contribution in [2.45, 2.75) is 77.7 Å². The number of carbonyl (C=O) groups excluding carboxylic acids is 1. The summed E-state index contributed by atoms with van der Waals surface area (Å²) in [7, 11) is 1.63. The quantitative estimate of drug-likeness (QED) is 0.208. The summed E-state index contributed by atoms with van der Waals surface area (Å²) in [6.07, 6.45) is 13.1. The van der Waals surface area contributed by atoms with Gasteiger partial charge in [-0.15, -0.1) is 0 Å². The fraction of sp³-hybridized carbons (Fsp3) is 0.519. The van der Waals surface area contributed by atoms with Crippen molar-refractivity contribution in [1.29, 1.82) is 0 Å². The number of rotatable bonds is 16. The molecule has 0 aliphatic rings. The van der Waals surface area contributed by atoms with Crippen LogP contribution in [-0.4, -0.2) is 19.7 Å². The first-order valence-electron chi connectivity index (χ1n) is 11.8. The molecule has 0 radical (unpaired) electrons. The minimum atomic E-state index is -0.333. The van der Waals surface area contributed by atoms with Gasteiger partial charge in [0, 0.05) is 0 Å². The molecule has 0 aliphatic heterocycles.